The normalized spacial score (nSPS) is 14.6. The number of ether oxygens (including phenoxy) is 3. The van der Waals surface area contributed by atoms with Crippen molar-refractivity contribution < 1.29 is 37.7 Å². The highest BCUT2D eigenvalue weighted by molar-refractivity contribution is 7.52. The summed E-state index contributed by atoms with van der Waals surface area (Å²) in [6, 6.07) is 8.08. The van der Waals surface area contributed by atoms with Crippen LogP contribution in [0.15, 0.2) is 36.7 Å². The molecule has 0 fully saturated rings. The molecule has 1 aromatic carbocycles. The highest BCUT2D eigenvalue weighted by atomic mass is 31.2. The first-order valence-corrected chi connectivity index (χ1v) is 13.8. The van der Waals surface area contributed by atoms with Crippen LogP contribution >= 0.6 is 7.75 Å². The third kappa shape index (κ3) is 8.60. The van der Waals surface area contributed by atoms with Gasteiger partial charge in [-0.15, -0.1) is 0 Å². The number of aliphatic hydroxyl groups excluding tert-OH is 1. The molecule has 0 bridgehead atoms. The maximum Gasteiger partial charge on any atom is 0.459 e. The average Bonchev–Trinajstić information content (AvgIpc) is 3.33. The van der Waals surface area contributed by atoms with Crippen molar-refractivity contribution in [2.24, 2.45) is 0 Å². The van der Waals surface area contributed by atoms with E-state index < -0.39 is 26.4 Å². The van der Waals surface area contributed by atoms with Crippen LogP contribution in [0.5, 0.6) is 11.6 Å². The molecule has 3 atom stereocenters. The van der Waals surface area contributed by atoms with E-state index in [0.717, 1.165) is 0 Å². The molecule has 0 amide bonds. The van der Waals surface area contributed by atoms with Crippen LogP contribution in [-0.4, -0.2) is 76.8 Å². The van der Waals surface area contributed by atoms with E-state index in [0.29, 0.717) is 24.0 Å². The largest absolute Gasteiger partial charge is 0.479 e. The van der Waals surface area contributed by atoms with Crippen molar-refractivity contribution in [2.75, 3.05) is 39.7 Å². The minimum atomic E-state index is -4.03. The number of esters is 1. The summed E-state index contributed by atoms with van der Waals surface area (Å²) in [7, 11) is -1.10. The number of aliphatic hydroxyl groups is 1. The third-order valence-corrected chi connectivity index (χ3v) is 6.99. The molecule has 0 saturated carbocycles. The number of nitrogens with zero attached hydrogens (tertiary/aromatic N) is 4. The summed E-state index contributed by atoms with van der Waals surface area (Å²) in [5.41, 5.74) is 6.69. The van der Waals surface area contributed by atoms with Gasteiger partial charge in [0.25, 0.3) is 0 Å². The van der Waals surface area contributed by atoms with Crippen molar-refractivity contribution in [3.63, 3.8) is 0 Å². The Morgan fingerprint density at radius 3 is 2.59 bits per heavy atom. The zero-order chi connectivity index (χ0) is 28.4. The lowest BCUT2D eigenvalue weighted by molar-refractivity contribution is -0.145. The summed E-state index contributed by atoms with van der Waals surface area (Å²) in [6.45, 7) is 2.73. The molecule has 4 N–H and O–H groups in total. The van der Waals surface area contributed by atoms with E-state index >= 15 is 0 Å². The summed E-state index contributed by atoms with van der Waals surface area (Å²) >= 11 is 0. The van der Waals surface area contributed by atoms with E-state index in [1.807, 2.05) is 0 Å². The van der Waals surface area contributed by atoms with Gasteiger partial charge in [-0.3, -0.25) is 9.32 Å². The molecule has 0 radical (unpaired) electrons. The Labute approximate surface area is 226 Å². The van der Waals surface area contributed by atoms with Crippen molar-refractivity contribution in [3.05, 3.63) is 36.7 Å². The lowest BCUT2D eigenvalue weighted by Gasteiger charge is -2.26. The van der Waals surface area contributed by atoms with Crippen LogP contribution in [0.25, 0.3) is 11.2 Å². The first-order chi connectivity index (χ1) is 18.7. The predicted octanol–water partition coefficient (Wildman–Crippen LogP) is 2.49. The molecule has 0 aliphatic carbocycles. The number of rotatable bonds is 16. The number of nitrogen functional groups attached to an aromatic ring is 1. The topological polar surface area (TPSA) is 182 Å². The zero-order valence-electron chi connectivity index (χ0n) is 22.4. The van der Waals surface area contributed by atoms with E-state index in [9.17, 15) is 14.5 Å². The Hall–Kier alpha value is -3.29. The van der Waals surface area contributed by atoms with E-state index in [4.69, 9.17) is 29.0 Å². The van der Waals surface area contributed by atoms with Crippen LogP contribution < -0.4 is 20.1 Å². The monoisotopic (exact) mass is 566 g/mol. The molecule has 214 valence electrons. The lowest BCUT2D eigenvalue weighted by atomic mass is 10.1. The minimum absolute atomic E-state index is 0.0107. The molecule has 3 aromatic rings. The van der Waals surface area contributed by atoms with Crippen molar-refractivity contribution >= 4 is 30.8 Å². The molecule has 0 aliphatic heterocycles. The van der Waals surface area contributed by atoms with Gasteiger partial charge >= 0.3 is 13.7 Å². The lowest BCUT2D eigenvalue weighted by Crippen LogP contribution is -2.29. The number of hydrogen-bond donors (Lipinski definition) is 3. The molecule has 3 unspecified atom stereocenters. The molecule has 39 heavy (non-hydrogen) atoms. The van der Waals surface area contributed by atoms with Crippen molar-refractivity contribution in [2.45, 2.75) is 44.9 Å². The standard InChI is InChI=1S/C24H35N6O8P/c1-16(2)37-20(32)13-27-39(33,38-18-8-6-5-7-9-18)36-14-19(34-3)12-17(10-11-31)30-15-26-21-22(30)28-24(25)29-23(21)35-4/h5-9,15-17,19,31H,10-14H2,1-4H3,(H,27,33)(H2,25,28,29). The molecular formula is C24H35N6O8P. The minimum Gasteiger partial charge on any atom is -0.479 e. The number of nitrogens with one attached hydrogen (secondary N) is 1. The van der Waals surface area contributed by atoms with Gasteiger partial charge in [0.05, 0.1) is 32.3 Å². The van der Waals surface area contributed by atoms with E-state index in [1.165, 1.54) is 14.2 Å². The molecule has 15 heteroatoms. The maximum absolute atomic E-state index is 13.6. The van der Waals surface area contributed by atoms with E-state index in [2.05, 4.69) is 20.0 Å². The Morgan fingerprint density at radius 2 is 1.95 bits per heavy atom. The molecular weight excluding hydrogens is 531 g/mol. The van der Waals surface area contributed by atoms with Gasteiger partial charge in [-0.1, -0.05) is 18.2 Å². The average molecular weight is 567 g/mol. The van der Waals surface area contributed by atoms with Gasteiger partial charge in [0.15, 0.2) is 11.2 Å². The molecule has 3 rings (SSSR count). The number of carbonyl (C=O) groups is 1. The fraction of sp³-hybridized carbons (Fsp3) is 0.500. The SMILES string of the molecule is COc1nc(N)nc2c1ncn2C(CCO)CC(COP(=O)(NCC(=O)OC(C)C)Oc1ccccc1)OC. The molecule has 0 aliphatic rings. The number of hydrogen-bond acceptors (Lipinski definition) is 12. The van der Waals surface area contributed by atoms with E-state index in [1.54, 1.807) is 55.1 Å². The second kappa shape index (κ2) is 14.2. The second-order valence-corrected chi connectivity index (χ2v) is 10.5. The van der Waals surface area contributed by atoms with Gasteiger partial charge in [-0.05, 0) is 38.8 Å². The first-order valence-electron chi connectivity index (χ1n) is 12.3. The van der Waals surface area contributed by atoms with Gasteiger partial charge in [0.1, 0.15) is 12.3 Å². The highest BCUT2D eigenvalue weighted by Crippen LogP contribution is 2.44. The molecule has 0 spiro atoms. The number of fused-ring (bicyclic) bond motifs is 1. The third-order valence-electron chi connectivity index (χ3n) is 5.51. The summed E-state index contributed by atoms with van der Waals surface area (Å²) in [5, 5.41) is 12.3. The van der Waals surface area contributed by atoms with Gasteiger partial charge < -0.3 is 34.1 Å². The van der Waals surface area contributed by atoms with Gasteiger partial charge in [-0.25, -0.2) is 14.6 Å². The maximum atomic E-state index is 13.6. The highest BCUT2D eigenvalue weighted by Gasteiger charge is 2.31. The van der Waals surface area contributed by atoms with Crippen molar-refractivity contribution in [1.82, 2.24) is 24.6 Å². The summed E-state index contributed by atoms with van der Waals surface area (Å²) in [4.78, 5) is 24.7. The van der Waals surface area contributed by atoms with Gasteiger partial charge in [-0.2, -0.15) is 9.97 Å². The number of nitrogens with two attached hydrogens (primary N) is 1. The van der Waals surface area contributed by atoms with E-state index in [-0.39, 0.29) is 42.9 Å². The number of imidazole rings is 1. The summed E-state index contributed by atoms with van der Waals surface area (Å²) < 4.78 is 42.7. The fourth-order valence-electron chi connectivity index (χ4n) is 3.74. The first kappa shape index (κ1) is 30.3. The Balaban J connectivity index is 1.77. The van der Waals surface area contributed by atoms with Gasteiger partial charge in [0, 0.05) is 19.8 Å². The fourth-order valence-corrected chi connectivity index (χ4v) is 5.04. The van der Waals surface area contributed by atoms with Crippen molar-refractivity contribution in [3.8, 4) is 11.6 Å². The van der Waals surface area contributed by atoms with Crippen molar-refractivity contribution in [1.29, 1.82) is 0 Å². The zero-order valence-corrected chi connectivity index (χ0v) is 23.2. The number of para-hydroxylation sites is 1. The molecule has 0 saturated heterocycles. The Bertz CT molecular complexity index is 1260. The van der Waals surface area contributed by atoms with Crippen LogP contribution in [0.2, 0.25) is 0 Å². The molecule has 2 aromatic heterocycles. The number of benzene rings is 1. The Morgan fingerprint density at radius 1 is 1.21 bits per heavy atom. The number of anilines is 1. The number of aromatic nitrogens is 4. The number of carbonyl (C=O) groups excluding carboxylic acids is 1. The van der Waals surface area contributed by atoms with Crippen LogP contribution in [0.3, 0.4) is 0 Å². The van der Waals surface area contributed by atoms with Crippen LogP contribution in [0, 0.1) is 0 Å². The number of methoxy groups -OCH3 is 2. The molecule has 14 nitrogen and oxygen atoms in total. The van der Waals surface area contributed by atoms with Gasteiger partial charge in [0.2, 0.25) is 11.8 Å². The summed E-state index contributed by atoms with van der Waals surface area (Å²) in [5.74, 6) is -0.0857. The smallest absolute Gasteiger partial charge is 0.459 e. The summed E-state index contributed by atoms with van der Waals surface area (Å²) in [6.07, 6.45) is 1.26. The van der Waals surface area contributed by atoms with Crippen LogP contribution in [-0.2, 0) is 23.4 Å². The second-order valence-electron chi connectivity index (χ2n) is 8.75. The van der Waals surface area contributed by atoms with Crippen LogP contribution in [0.1, 0.15) is 32.7 Å². The predicted molar refractivity (Wildman–Crippen MR) is 142 cm³/mol. The van der Waals surface area contributed by atoms with Crippen LogP contribution in [0.4, 0.5) is 5.95 Å². The Kier molecular flexibility index (Phi) is 11.0. The quantitative estimate of drug-likeness (QED) is 0.170. The molecule has 2 heterocycles.